The van der Waals surface area contributed by atoms with Gasteiger partial charge in [0.25, 0.3) is 5.91 Å². The molecule has 0 aromatic heterocycles. The molecule has 2 amide bonds. The first-order chi connectivity index (χ1) is 20.6. The van der Waals surface area contributed by atoms with Crippen molar-refractivity contribution in [3.8, 4) is 0 Å². The van der Waals surface area contributed by atoms with E-state index in [1.54, 1.807) is 24.3 Å². The molecule has 0 aliphatic heterocycles. The van der Waals surface area contributed by atoms with E-state index >= 15 is 0 Å². The number of hydrogen-bond donors (Lipinski definition) is 2. The molecule has 0 fully saturated rings. The van der Waals surface area contributed by atoms with Gasteiger partial charge in [-0.2, -0.15) is 0 Å². The molecule has 4 aromatic rings. The summed E-state index contributed by atoms with van der Waals surface area (Å²) >= 11 is 0. The lowest BCUT2D eigenvalue weighted by Gasteiger charge is -2.22. The fourth-order valence-corrected chi connectivity index (χ4v) is 5.65. The lowest BCUT2D eigenvalue weighted by atomic mass is 10.0. The third-order valence-corrected chi connectivity index (χ3v) is 8.19. The number of amides is 2. The quantitative estimate of drug-likeness (QED) is 0.217. The van der Waals surface area contributed by atoms with Gasteiger partial charge < -0.3 is 10.6 Å². The van der Waals surface area contributed by atoms with Crippen LogP contribution in [0.2, 0.25) is 0 Å². The fourth-order valence-electron chi connectivity index (χ4n) is 4.56. The van der Waals surface area contributed by atoms with Gasteiger partial charge in [0, 0.05) is 29.5 Å². The molecule has 0 aliphatic rings. The summed E-state index contributed by atoms with van der Waals surface area (Å²) in [6.45, 7) is 1.89. The number of aryl methyl sites for hydroxylation is 2. The first kappa shape index (κ1) is 31.3. The molecule has 9 heteroatoms. The van der Waals surface area contributed by atoms with Gasteiger partial charge in [0.2, 0.25) is 5.91 Å². The predicted molar refractivity (Wildman–Crippen MR) is 162 cm³/mol. The van der Waals surface area contributed by atoms with Crippen molar-refractivity contribution < 1.29 is 26.8 Å². The van der Waals surface area contributed by atoms with Gasteiger partial charge in [-0.05, 0) is 55.2 Å². The van der Waals surface area contributed by atoms with Gasteiger partial charge in [0.05, 0.1) is 4.90 Å². The molecule has 2 atom stereocenters. The second-order valence-electron chi connectivity index (χ2n) is 10.2. The number of carbonyl (C=O) groups is 2. The molecule has 0 saturated carbocycles. The zero-order chi connectivity index (χ0) is 30.8. The van der Waals surface area contributed by atoms with E-state index in [2.05, 4.69) is 10.6 Å². The van der Waals surface area contributed by atoms with E-state index in [9.17, 15) is 26.8 Å². The number of nitrogens with one attached hydrogen (secondary N) is 2. The summed E-state index contributed by atoms with van der Waals surface area (Å²) in [6, 6.07) is 25.4. The molecule has 4 rings (SSSR count). The maximum atomic E-state index is 13.8. The summed E-state index contributed by atoms with van der Waals surface area (Å²) in [5.74, 6) is -3.24. The second kappa shape index (κ2) is 14.5. The van der Waals surface area contributed by atoms with Crippen LogP contribution in [-0.2, 0) is 27.5 Å². The average molecular weight is 603 g/mol. The highest BCUT2D eigenvalue weighted by molar-refractivity contribution is 7.94. The normalized spacial score (nSPS) is 12.9. The SMILES string of the molecule is Cc1cccc(C[C@H](NC(=O)c2cc(F)cc(F)c2)C(=O)N[C@H](/C=C/S(=O)(=O)c2ccccc2)CCc2ccccc2)c1. The highest BCUT2D eigenvalue weighted by Gasteiger charge is 2.25. The molecule has 222 valence electrons. The molecule has 0 unspecified atom stereocenters. The molecule has 4 aromatic carbocycles. The molecule has 0 heterocycles. The van der Waals surface area contributed by atoms with Gasteiger partial charge in [-0.25, -0.2) is 17.2 Å². The second-order valence-corrected chi connectivity index (χ2v) is 12.0. The summed E-state index contributed by atoms with van der Waals surface area (Å²) in [7, 11) is -3.78. The Kier molecular flexibility index (Phi) is 10.6. The molecular formula is C34H32F2N2O4S. The maximum absolute atomic E-state index is 13.8. The largest absolute Gasteiger partial charge is 0.348 e. The van der Waals surface area contributed by atoms with Crippen LogP contribution in [0.1, 0.15) is 33.5 Å². The number of carbonyl (C=O) groups excluding carboxylic acids is 2. The van der Waals surface area contributed by atoms with Crippen molar-refractivity contribution >= 4 is 21.7 Å². The van der Waals surface area contributed by atoms with E-state index in [1.165, 1.54) is 18.2 Å². The van der Waals surface area contributed by atoms with Crippen LogP contribution in [0.3, 0.4) is 0 Å². The molecule has 2 N–H and O–H groups in total. The van der Waals surface area contributed by atoms with Crippen molar-refractivity contribution in [3.05, 3.63) is 149 Å². The predicted octanol–water partition coefficient (Wildman–Crippen LogP) is 5.72. The van der Waals surface area contributed by atoms with Gasteiger partial charge in [-0.1, -0.05) is 84.4 Å². The fraction of sp³-hybridized carbons (Fsp3) is 0.176. The van der Waals surface area contributed by atoms with E-state index in [0.29, 0.717) is 18.9 Å². The van der Waals surface area contributed by atoms with Crippen molar-refractivity contribution in [2.24, 2.45) is 0 Å². The molecule has 0 spiro atoms. The lowest BCUT2D eigenvalue weighted by molar-refractivity contribution is -0.123. The maximum Gasteiger partial charge on any atom is 0.252 e. The van der Waals surface area contributed by atoms with Crippen LogP contribution in [0.4, 0.5) is 8.78 Å². The van der Waals surface area contributed by atoms with Crippen molar-refractivity contribution in [2.45, 2.75) is 43.2 Å². The average Bonchev–Trinajstić information content (AvgIpc) is 2.98. The molecule has 0 saturated heterocycles. The number of halogens is 2. The van der Waals surface area contributed by atoms with Crippen LogP contribution in [0.5, 0.6) is 0 Å². The highest BCUT2D eigenvalue weighted by Crippen LogP contribution is 2.15. The van der Waals surface area contributed by atoms with E-state index in [4.69, 9.17) is 0 Å². The number of hydrogen-bond acceptors (Lipinski definition) is 4. The first-order valence-electron chi connectivity index (χ1n) is 13.7. The van der Waals surface area contributed by atoms with Crippen LogP contribution in [0.15, 0.2) is 120 Å². The monoisotopic (exact) mass is 602 g/mol. The third-order valence-electron chi connectivity index (χ3n) is 6.75. The van der Waals surface area contributed by atoms with Gasteiger partial charge >= 0.3 is 0 Å². The summed E-state index contributed by atoms with van der Waals surface area (Å²) in [6.07, 6.45) is 2.43. The van der Waals surface area contributed by atoms with Gasteiger partial charge in [0.15, 0.2) is 9.84 Å². The minimum absolute atomic E-state index is 0.0918. The zero-order valence-corrected chi connectivity index (χ0v) is 24.4. The Bertz CT molecular complexity index is 1670. The van der Waals surface area contributed by atoms with E-state index in [-0.39, 0.29) is 16.9 Å². The van der Waals surface area contributed by atoms with Crippen LogP contribution < -0.4 is 10.6 Å². The smallest absolute Gasteiger partial charge is 0.252 e. The van der Waals surface area contributed by atoms with Crippen LogP contribution in [0, 0.1) is 18.6 Å². The van der Waals surface area contributed by atoms with Crippen molar-refractivity contribution in [1.82, 2.24) is 10.6 Å². The Morgan fingerprint density at radius 2 is 1.42 bits per heavy atom. The molecule has 6 nitrogen and oxygen atoms in total. The Balaban J connectivity index is 1.60. The Morgan fingerprint density at radius 3 is 2.07 bits per heavy atom. The topological polar surface area (TPSA) is 92.3 Å². The van der Waals surface area contributed by atoms with Gasteiger partial charge in [-0.15, -0.1) is 0 Å². The molecule has 43 heavy (non-hydrogen) atoms. The van der Waals surface area contributed by atoms with E-state index in [0.717, 1.165) is 34.2 Å². The standard InChI is InChI=1S/C34H32F2N2O4S/c1-24-9-8-12-26(19-24)20-32(38-33(39)27-21-28(35)23-29(36)22-27)34(40)37-30(16-15-25-10-4-2-5-11-25)17-18-43(41,42)31-13-6-3-7-14-31/h2-14,17-19,21-23,30,32H,15-16,20H2,1H3,(H,37,40)(H,38,39)/b18-17+/t30-,32-/m0/s1. The van der Waals surface area contributed by atoms with Crippen molar-refractivity contribution in [2.75, 3.05) is 0 Å². The minimum atomic E-state index is -3.78. The molecule has 0 aliphatic carbocycles. The Hall–Kier alpha value is -4.63. The van der Waals surface area contributed by atoms with Crippen molar-refractivity contribution in [1.29, 1.82) is 0 Å². The summed E-state index contributed by atoms with van der Waals surface area (Å²) in [5.41, 5.74) is 2.44. The van der Waals surface area contributed by atoms with Crippen LogP contribution in [0.25, 0.3) is 0 Å². The Labute approximate surface area is 250 Å². The highest BCUT2D eigenvalue weighted by atomic mass is 32.2. The number of rotatable bonds is 12. The van der Waals surface area contributed by atoms with Crippen molar-refractivity contribution in [3.63, 3.8) is 0 Å². The number of benzene rings is 4. The summed E-state index contributed by atoms with van der Waals surface area (Å²) in [4.78, 5) is 26.8. The Morgan fingerprint density at radius 1 is 0.791 bits per heavy atom. The number of sulfone groups is 1. The zero-order valence-electron chi connectivity index (χ0n) is 23.5. The molecular weight excluding hydrogens is 570 g/mol. The minimum Gasteiger partial charge on any atom is -0.348 e. The van der Waals surface area contributed by atoms with Crippen LogP contribution >= 0.6 is 0 Å². The summed E-state index contributed by atoms with van der Waals surface area (Å²) in [5, 5.41) is 6.55. The molecule has 0 bridgehead atoms. The first-order valence-corrected chi connectivity index (χ1v) is 15.3. The van der Waals surface area contributed by atoms with Crippen LogP contribution in [-0.4, -0.2) is 32.3 Å². The van der Waals surface area contributed by atoms with E-state index < -0.39 is 45.4 Å². The molecule has 0 radical (unpaired) electrons. The van der Waals surface area contributed by atoms with Gasteiger partial charge in [-0.3, -0.25) is 9.59 Å². The lowest BCUT2D eigenvalue weighted by Crippen LogP contribution is -2.50. The van der Waals surface area contributed by atoms with Gasteiger partial charge in [0.1, 0.15) is 17.7 Å². The summed E-state index contributed by atoms with van der Waals surface area (Å²) < 4.78 is 53.5. The third kappa shape index (κ3) is 9.44. The van der Waals surface area contributed by atoms with E-state index in [1.807, 2.05) is 55.5 Å².